The van der Waals surface area contributed by atoms with E-state index in [1.165, 1.54) is 11.3 Å². The van der Waals surface area contributed by atoms with Crippen LogP contribution in [0.15, 0.2) is 6.20 Å². The number of nitrogens with one attached hydrogen (secondary N) is 2. The van der Waals surface area contributed by atoms with Gasteiger partial charge in [-0.15, -0.1) is 11.3 Å². The van der Waals surface area contributed by atoms with Crippen LogP contribution in [0.5, 0.6) is 0 Å². The van der Waals surface area contributed by atoms with Crippen LogP contribution in [0.4, 0.5) is 5.13 Å². The predicted octanol–water partition coefficient (Wildman–Crippen LogP) is -0.675. The molecule has 0 radical (unpaired) electrons. The third-order valence-corrected chi connectivity index (χ3v) is 3.17. The van der Waals surface area contributed by atoms with Crippen LogP contribution < -0.4 is 15.5 Å². The van der Waals surface area contributed by atoms with Crippen molar-refractivity contribution in [1.29, 1.82) is 0 Å². The van der Waals surface area contributed by atoms with Gasteiger partial charge in [0.25, 0.3) is 0 Å². The summed E-state index contributed by atoms with van der Waals surface area (Å²) in [6.45, 7) is 1.13. The molecule has 2 heterocycles. The van der Waals surface area contributed by atoms with Crippen molar-refractivity contribution in [2.45, 2.75) is 6.54 Å². The van der Waals surface area contributed by atoms with E-state index in [0.717, 1.165) is 11.4 Å². The monoisotopic (exact) mass is 240 g/mol. The van der Waals surface area contributed by atoms with E-state index in [-0.39, 0.29) is 24.9 Å². The summed E-state index contributed by atoms with van der Waals surface area (Å²) in [7, 11) is 1.86. The first-order chi connectivity index (χ1) is 7.69. The van der Waals surface area contributed by atoms with Gasteiger partial charge in [0, 0.05) is 17.6 Å². The first-order valence-corrected chi connectivity index (χ1v) is 5.67. The van der Waals surface area contributed by atoms with Gasteiger partial charge in [-0.25, -0.2) is 4.98 Å². The molecule has 1 fully saturated rings. The molecule has 6 nitrogen and oxygen atoms in total. The molecule has 1 saturated heterocycles. The van der Waals surface area contributed by atoms with Gasteiger partial charge in [0.05, 0.1) is 0 Å². The normalized spacial score (nSPS) is 16.4. The number of aromatic nitrogens is 1. The van der Waals surface area contributed by atoms with Gasteiger partial charge in [-0.05, 0) is 7.05 Å². The number of piperazine rings is 1. The van der Waals surface area contributed by atoms with Crippen molar-refractivity contribution < 1.29 is 9.59 Å². The lowest BCUT2D eigenvalue weighted by Gasteiger charge is -2.24. The second kappa shape index (κ2) is 4.58. The molecular weight excluding hydrogens is 228 g/mol. The van der Waals surface area contributed by atoms with E-state index in [1.807, 2.05) is 7.05 Å². The number of amides is 2. The standard InChI is InChI=1S/C9H12N4O2S/c1-10-2-6-3-11-9(16-6)13-4-7(14)12-8(15)5-13/h3,10H,2,4-5H2,1H3,(H,12,14,15). The fourth-order valence-electron chi connectivity index (χ4n) is 1.47. The van der Waals surface area contributed by atoms with Crippen LogP contribution in [0.25, 0.3) is 0 Å². The van der Waals surface area contributed by atoms with Crippen molar-refractivity contribution in [3.05, 3.63) is 11.1 Å². The number of hydrogen-bond acceptors (Lipinski definition) is 6. The SMILES string of the molecule is CNCc1cnc(N2CC(=O)NC(=O)C2)s1. The molecule has 2 N–H and O–H groups in total. The molecule has 0 saturated carbocycles. The molecule has 1 aromatic rings. The van der Waals surface area contributed by atoms with Crippen LogP contribution in [0.1, 0.15) is 4.88 Å². The Bertz CT molecular complexity index is 401. The summed E-state index contributed by atoms with van der Waals surface area (Å²) >= 11 is 1.49. The average Bonchev–Trinajstić information content (AvgIpc) is 2.65. The lowest BCUT2D eigenvalue weighted by Crippen LogP contribution is -2.51. The minimum atomic E-state index is -0.276. The Hall–Kier alpha value is -1.47. The smallest absolute Gasteiger partial charge is 0.246 e. The zero-order chi connectivity index (χ0) is 11.5. The molecule has 1 aromatic heterocycles. The van der Waals surface area contributed by atoms with Gasteiger partial charge in [0.1, 0.15) is 13.1 Å². The van der Waals surface area contributed by atoms with Crippen LogP contribution in [0.3, 0.4) is 0 Å². The van der Waals surface area contributed by atoms with Crippen molar-refractivity contribution in [3.8, 4) is 0 Å². The number of hydrogen-bond donors (Lipinski definition) is 2. The maximum atomic E-state index is 11.2. The molecule has 86 valence electrons. The van der Waals surface area contributed by atoms with E-state index in [1.54, 1.807) is 11.1 Å². The number of imide groups is 1. The summed E-state index contributed by atoms with van der Waals surface area (Å²) in [6, 6.07) is 0. The summed E-state index contributed by atoms with van der Waals surface area (Å²) in [5.74, 6) is -0.553. The van der Waals surface area contributed by atoms with Crippen LogP contribution in [-0.2, 0) is 16.1 Å². The summed E-state index contributed by atoms with van der Waals surface area (Å²) in [5.41, 5.74) is 0. The molecule has 2 rings (SSSR count). The van der Waals surface area contributed by atoms with Crippen molar-refractivity contribution >= 4 is 28.3 Å². The first-order valence-electron chi connectivity index (χ1n) is 4.86. The molecule has 0 spiro atoms. The van der Waals surface area contributed by atoms with Crippen LogP contribution >= 0.6 is 11.3 Å². The second-order valence-corrected chi connectivity index (χ2v) is 4.56. The van der Waals surface area contributed by atoms with E-state index >= 15 is 0 Å². The van der Waals surface area contributed by atoms with Gasteiger partial charge in [-0.2, -0.15) is 0 Å². The van der Waals surface area contributed by atoms with Crippen molar-refractivity contribution in [1.82, 2.24) is 15.6 Å². The molecule has 0 unspecified atom stereocenters. The van der Waals surface area contributed by atoms with Crippen LogP contribution in [-0.4, -0.2) is 36.9 Å². The molecular formula is C9H12N4O2S. The fourth-order valence-corrected chi connectivity index (χ4v) is 2.39. The maximum absolute atomic E-state index is 11.2. The molecule has 0 aliphatic carbocycles. The van der Waals surface area contributed by atoms with Crippen molar-refractivity contribution in [2.75, 3.05) is 25.0 Å². The van der Waals surface area contributed by atoms with E-state index in [2.05, 4.69) is 15.6 Å². The number of carbonyl (C=O) groups is 2. The number of carbonyl (C=O) groups excluding carboxylic acids is 2. The summed E-state index contributed by atoms with van der Waals surface area (Å²) in [5, 5.41) is 6.00. The van der Waals surface area contributed by atoms with Crippen LogP contribution in [0.2, 0.25) is 0 Å². The molecule has 1 aliphatic rings. The molecule has 0 aromatic carbocycles. The van der Waals surface area contributed by atoms with E-state index < -0.39 is 0 Å². The number of thiazole rings is 1. The Balaban J connectivity index is 2.10. The highest BCUT2D eigenvalue weighted by atomic mass is 32.1. The molecule has 0 atom stereocenters. The van der Waals surface area contributed by atoms with Gasteiger partial charge in [0.15, 0.2) is 5.13 Å². The summed E-state index contributed by atoms with van der Waals surface area (Å²) < 4.78 is 0. The van der Waals surface area contributed by atoms with E-state index in [9.17, 15) is 9.59 Å². The van der Waals surface area contributed by atoms with Crippen molar-refractivity contribution in [3.63, 3.8) is 0 Å². The third kappa shape index (κ3) is 2.37. The Morgan fingerprint density at radius 1 is 1.50 bits per heavy atom. The largest absolute Gasteiger partial charge is 0.329 e. The lowest BCUT2D eigenvalue weighted by atomic mass is 10.4. The zero-order valence-corrected chi connectivity index (χ0v) is 9.63. The highest BCUT2D eigenvalue weighted by Gasteiger charge is 2.24. The maximum Gasteiger partial charge on any atom is 0.246 e. The Kier molecular flexibility index (Phi) is 3.16. The van der Waals surface area contributed by atoms with E-state index in [4.69, 9.17) is 0 Å². The summed E-state index contributed by atoms with van der Waals surface area (Å²) in [6.07, 6.45) is 1.76. The fraction of sp³-hybridized carbons (Fsp3) is 0.444. The topological polar surface area (TPSA) is 74.3 Å². The van der Waals surface area contributed by atoms with Gasteiger partial charge < -0.3 is 10.2 Å². The van der Waals surface area contributed by atoms with Gasteiger partial charge in [-0.3, -0.25) is 14.9 Å². The second-order valence-electron chi connectivity index (χ2n) is 3.47. The number of anilines is 1. The first kappa shape index (κ1) is 11.0. The molecule has 1 aliphatic heterocycles. The zero-order valence-electron chi connectivity index (χ0n) is 8.82. The van der Waals surface area contributed by atoms with Gasteiger partial charge >= 0.3 is 0 Å². The highest BCUT2D eigenvalue weighted by Crippen LogP contribution is 2.22. The molecule has 2 amide bonds. The number of rotatable bonds is 3. The Morgan fingerprint density at radius 3 is 2.81 bits per heavy atom. The Labute approximate surface area is 96.7 Å². The molecule has 16 heavy (non-hydrogen) atoms. The molecule has 0 bridgehead atoms. The van der Waals surface area contributed by atoms with Crippen LogP contribution in [0, 0.1) is 0 Å². The Morgan fingerprint density at radius 2 is 2.19 bits per heavy atom. The lowest BCUT2D eigenvalue weighted by molar-refractivity contribution is -0.130. The third-order valence-electron chi connectivity index (χ3n) is 2.11. The predicted molar refractivity (Wildman–Crippen MR) is 60.2 cm³/mol. The summed E-state index contributed by atoms with van der Waals surface area (Å²) in [4.78, 5) is 29.3. The van der Waals surface area contributed by atoms with Gasteiger partial charge in [-0.1, -0.05) is 0 Å². The van der Waals surface area contributed by atoms with Gasteiger partial charge in [0.2, 0.25) is 11.8 Å². The number of nitrogens with zero attached hydrogens (tertiary/aromatic N) is 2. The molecule has 7 heteroatoms. The minimum Gasteiger partial charge on any atom is -0.329 e. The minimum absolute atomic E-state index is 0.193. The highest BCUT2D eigenvalue weighted by molar-refractivity contribution is 7.15. The average molecular weight is 240 g/mol. The van der Waals surface area contributed by atoms with Crippen molar-refractivity contribution in [2.24, 2.45) is 0 Å². The quantitative estimate of drug-likeness (QED) is 0.685. The van der Waals surface area contributed by atoms with E-state index in [0.29, 0.717) is 5.13 Å².